The molecule has 1 aliphatic rings. The molecule has 1 aromatic carbocycles. The molecule has 1 fully saturated rings. The number of H-pyrrole nitrogens is 1. The maximum atomic E-state index is 13.3. The van der Waals surface area contributed by atoms with Crippen LogP contribution in [0.25, 0.3) is 22.2 Å². The molecule has 3 aromatic heterocycles. The van der Waals surface area contributed by atoms with Crippen molar-refractivity contribution >= 4 is 26.9 Å². The number of β-amino-alcohol motifs (C(OH)–C–C–N with tert-alkyl or cyclic N) is 1. The van der Waals surface area contributed by atoms with E-state index in [1.165, 1.54) is 4.31 Å². The molecule has 0 amide bonds. The Morgan fingerprint density at radius 3 is 2.56 bits per heavy atom. The Labute approximate surface area is 198 Å². The van der Waals surface area contributed by atoms with Gasteiger partial charge in [-0.2, -0.15) is 4.31 Å². The van der Waals surface area contributed by atoms with Crippen molar-refractivity contribution in [2.24, 2.45) is 0 Å². The average Bonchev–Trinajstić information content (AvgIpc) is 3.32. The van der Waals surface area contributed by atoms with E-state index >= 15 is 0 Å². The fraction of sp³-hybridized carbons (Fsp3) is 0.280. The van der Waals surface area contributed by atoms with Crippen LogP contribution in [-0.4, -0.2) is 58.0 Å². The molecular formula is C25H27N5O3S. The topological polar surface area (TPSA) is 111 Å². The van der Waals surface area contributed by atoms with Gasteiger partial charge in [-0.15, -0.1) is 0 Å². The van der Waals surface area contributed by atoms with Gasteiger partial charge < -0.3 is 15.4 Å². The maximum absolute atomic E-state index is 13.3. The van der Waals surface area contributed by atoms with Crippen molar-refractivity contribution in [2.45, 2.75) is 37.3 Å². The number of hydrogen-bond donors (Lipinski definition) is 3. The van der Waals surface area contributed by atoms with E-state index in [4.69, 9.17) is 0 Å². The molecule has 4 aromatic rings. The number of fused-ring (bicyclic) bond motifs is 1. The van der Waals surface area contributed by atoms with Gasteiger partial charge in [0.15, 0.2) is 0 Å². The van der Waals surface area contributed by atoms with Crippen LogP contribution in [0.4, 0.5) is 5.82 Å². The summed E-state index contributed by atoms with van der Waals surface area (Å²) >= 11 is 0. The van der Waals surface area contributed by atoms with Crippen molar-refractivity contribution in [1.82, 2.24) is 19.3 Å². The number of aliphatic hydroxyl groups excluding tert-OH is 1. The quantitative estimate of drug-likeness (QED) is 0.406. The van der Waals surface area contributed by atoms with Crippen molar-refractivity contribution in [2.75, 3.05) is 18.4 Å². The van der Waals surface area contributed by atoms with Gasteiger partial charge in [0.05, 0.1) is 17.0 Å². The smallest absolute Gasteiger partial charge is 0.243 e. The van der Waals surface area contributed by atoms with Crippen LogP contribution < -0.4 is 5.32 Å². The van der Waals surface area contributed by atoms with Crippen molar-refractivity contribution in [3.05, 3.63) is 72.2 Å². The summed E-state index contributed by atoms with van der Waals surface area (Å²) in [5.74, 6) is 0.671. The molecule has 0 radical (unpaired) electrons. The van der Waals surface area contributed by atoms with Gasteiger partial charge >= 0.3 is 0 Å². The molecular weight excluding hydrogens is 450 g/mol. The first kappa shape index (κ1) is 22.5. The van der Waals surface area contributed by atoms with E-state index in [9.17, 15) is 13.5 Å². The predicted octanol–water partition coefficient (Wildman–Crippen LogP) is 3.48. The largest absolute Gasteiger partial charge is 0.390 e. The van der Waals surface area contributed by atoms with E-state index in [0.29, 0.717) is 18.8 Å². The first-order valence-corrected chi connectivity index (χ1v) is 12.7. The summed E-state index contributed by atoms with van der Waals surface area (Å²) in [7, 11) is -3.72. The van der Waals surface area contributed by atoms with Gasteiger partial charge in [-0.3, -0.25) is 0 Å². The van der Waals surface area contributed by atoms with E-state index in [0.717, 1.165) is 33.3 Å². The summed E-state index contributed by atoms with van der Waals surface area (Å²) in [6.45, 7) is 4.34. The molecule has 1 saturated heterocycles. The Hall–Kier alpha value is -3.27. The molecule has 9 heteroatoms. The second-order valence-corrected chi connectivity index (χ2v) is 10.7. The lowest BCUT2D eigenvalue weighted by Crippen LogP contribution is -2.51. The lowest BCUT2D eigenvalue weighted by molar-refractivity contribution is 0.0949. The molecule has 8 nitrogen and oxygen atoms in total. The second kappa shape index (κ2) is 8.83. The maximum Gasteiger partial charge on any atom is 0.243 e. The van der Waals surface area contributed by atoms with E-state index in [1.807, 2.05) is 50.4 Å². The average molecular weight is 478 g/mol. The minimum Gasteiger partial charge on any atom is -0.390 e. The van der Waals surface area contributed by atoms with E-state index in [1.54, 1.807) is 24.5 Å². The number of aryl methyl sites for hydroxylation is 2. The first-order chi connectivity index (χ1) is 16.3. The number of hydrogen-bond acceptors (Lipinski definition) is 6. The summed E-state index contributed by atoms with van der Waals surface area (Å²) in [6, 6.07) is 12.4. The molecule has 34 heavy (non-hydrogen) atoms. The SMILES string of the molecule is Cc1ccc(N[C@@H]2CCN(S(=O)(=O)c3ccc(-c4cnc5[nH]ccc5c4C)cc3)C[C@@H]2O)nc1. The molecule has 0 aliphatic carbocycles. The highest BCUT2D eigenvalue weighted by atomic mass is 32.2. The number of piperidine rings is 1. The zero-order valence-corrected chi connectivity index (χ0v) is 19.9. The van der Waals surface area contributed by atoms with Crippen molar-refractivity contribution in [3.63, 3.8) is 0 Å². The number of aromatic nitrogens is 3. The third-order valence-electron chi connectivity index (χ3n) is 6.45. The summed E-state index contributed by atoms with van der Waals surface area (Å²) in [5, 5.41) is 14.9. The molecule has 4 heterocycles. The minimum absolute atomic E-state index is 0.0286. The predicted molar refractivity (Wildman–Crippen MR) is 132 cm³/mol. The second-order valence-electron chi connectivity index (χ2n) is 8.75. The Balaban J connectivity index is 1.31. The summed E-state index contributed by atoms with van der Waals surface area (Å²) in [4.78, 5) is 12.1. The monoisotopic (exact) mass is 477 g/mol. The summed E-state index contributed by atoms with van der Waals surface area (Å²) in [6.07, 6.45) is 5.05. The molecule has 5 rings (SSSR count). The van der Waals surface area contributed by atoms with Crippen LogP contribution in [0.15, 0.2) is 66.0 Å². The molecule has 2 atom stereocenters. The highest BCUT2D eigenvalue weighted by Gasteiger charge is 2.34. The minimum atomic E-state index is -3.72. The Bertz CT molecular complexity index is 1420. The van der Waals surface area contributed by atoms with Crippen LogP contribution >= 0.6 is 0 Å². The third kappa shape index (κ3) is 4.18. The van der Waals surface area contributed by atoms with Gasteiger partial charge in [-0.25, -0.2) is 18.4 Å². The van der Waals surface area contributed by atoms with Crippen LogP contribution in [0, 0.1) is 13.8 Å². The highest BCUT2D eigenvalue weighted by Crippen LogP contribution is 2.30. The number of rotatable bonds is 5. The van der Waals surface area contributed by atoms with E-state index in [2.05, 4.69) is 20.3 Å². The standard InChI is InChI=1S/C25H27N5O3S/c1-16-3-8-24(27-13-16)29-22-10-12-30(15-23(22)31)34(32,33)19-6-4-18(5-7-19)21-14-28-25-20(17(21)2)9-11-26-25/h3-9,11,13-14,22-23,31H,10,12,15H2,1-2H3,(H,26,28)(H,27,29)/t22-,23+/m1/s1. The van der Waals surface area contributed by atoms with Crippen molar-refractivity contribution in [1.29, 1.82) is 0 Å². The summed E-state index contributed by atoms with van der Waals surface area (Å²) < 4.78 is 27.9. The van der Waals surface area contributed by atoms with Crippen molar-refractivity contribution in [3.8, 4) is 11.1 Å². The zero-order valence-electron chi connectivity index (χ0n) is 19.1. The number of aromatic amines is 1. The number of aliphatic hydroxyl groups is 1. The molecule has 0 saturated carbocycles. The number of nitrogens with zero attached hydrogens (tertiary/aromatic N) is 3. The molecule has 0 spiro atoms. The lowest BCUT2D eigenvalue weighted by atomic mass is 10.0. The van der Waals surface area contributed by atoms with Gasteiger partial charge in [-0.1, -0.05) is 18.2 Å². The number of pyridine rings is 2. The molecule has 176 valence electrons. The Morgan fingerprint density at radius 2 is 1.85 bits per heavy atom. The van der Waals surface area contributed by atoms with Gasteiger partial charge in [0.2, 0.25) is 10.0 Å². The number of sulfonamides is 1. The van der Waals surface area contributed by atoms with Gasteiger partial charge in [0.25, 0.3) is 0 Å². The molecule has 0 unspecified atom stereocenters. The number of nitrogens with one attached hydrogen (secondary N) is 2. The third-order valence-corrected chi connectivity index (χ3v) is 8.33. The number of anilines is 1. The van der Waals surface area contributed by atoms with Crippen LogP contribution in [0.1, 0.15) is 17.5 Å². The van der Waals surface area contributed by atoms with Gasteiger partial charge in [0, 0.05) is 42.6 Å². The van der Waals surface area contributed by atoms with Crippen LogP contribution in [0.3, 0.4) is 0 Å². The fourth-order valence-electron chi connectivity index (χ4n) is 4.42. The van der Waals surface area contributed by atoms with Gasteiger partial charge in [0.1, 0.15) is 11.5 Å². The molecule has 3 N–H and O–H groups in total. The lowest BCUT2D eigenvalue weighted by Gasteiger charge is -2.35. The van der Waals surface area contributed by atoms with Crippen LogP contribution in [0.5, 0.6) is 0 Å². The normalized spacial score (nSPS) is 19.4. The fourth-order valence-corrected chi connectivity index (χ4v) is 5.89. The Kier molecular flexibility index (Phi) is 5.85. The molecule has 0 bridgehead atoms. The number of benzene rings is 1. The highest BCUT2D eigenvalue weighted by molar-refractivity contribution is 7.89. The van der Waals surface area contributed by atoms with Crippen LogP contribution in [-0.2, 0) is 10.0 Å². The van der Waals surface area contributed by atoms with Crippen LogP contribution in [0.2, 0.25) is 0 Å². The summed E-state index contributed by atoms with van der Waals surface area (Å²) in [5.41, 5.74) is 4.83. The van der Waals surface area contributed by atoms with E-state index < -0.39 is 16.1 Å². The zero-order chi connectivity index (χ0) is 23.9. The van der Waals surface area contributed by atoms with Gasteiger partial charge in [-0.05, 0) is 61.2 Å². The molecule has 1 aliphatic heterocycles. The van der Waals surface area contributed by atoms with E-state index in [-0.39, 0.29) is 17.5 Å². The Morgan fingerprint density at radius 1 is 1.06 bits per heavy atom. The first-order valence-electron chi connectivity index (χ1n) is 11.2. The van der Waals surface area contributed by atoms with Crippen molar-refractivity contribution < 1.29 is 13.5 Å².